The minimum absolute atomic E-state index is 0.135. The van der Waals surface area contributed by atoms with E-state index >= 15 is 0 Å². The van der Waals surface area contributed by atoms with Crippen LogP contribution in [0.5, 0.6) is 0 Å². The van der Waals surface area contributed by atoms with Crippen LogP contribution in [-0.2, 0) is 9.53 Å². The number of esters is 1. The normalized spacial score (nSPS) is 12.9. The maximum Gasteiger partial charge on any atom is 0.328 e. The molecule has 0 unspecified atom stereocenters. The average molecular weight is 360 g/mol. The summed E-state index contributed by atoms with van der Waals surface area (Å²) in [7, 11) is 1.27. The molecule has 0 aliphatic carbocycles. The molecule has 2 atom stereocenters. The molecular weight excluding hydrogens is 340 g/mol. The van der Waals surface area contributed by atoms with Crippen LogP contribution in [0.15, 0.2) is 54.6 Å². The summed E-state index contributed by atoms with van der Waals surface area (Å²) in [6, 6.07) is 18.5. The lowest BCUT2D eigenvalue weighted by Crippen LogP contribution is -2.45. The van der Waals surface area contributed by atoms with Gasteiger partial charge in [-0.15, -0.1) is 0 Å². The van der Waals surface area contributed by atoms with E-state index in [4.69, 9.17) is 10.00 Å². The van der Waals surface area contributed by atoms with E-state index < -0.39 is 12.0 Å². The highest BCUT2D eigenvalue weighted by Crippen LogP contribution is 2.28. The van der Waals surface area contributed by atoms with Crippen LogP contribution in [-0.4, -0.2) is 25.0 Å². The smallest absolute Gasteiger partial charge is 0.328 e. The van der Waals surface area contributed by atoms with Crippen LogP contribution in [0.1, 0.15) is 23.7 Å². The van der Waals surface area contributed by atoms with E-state index in [-0.39, 0.29) is 18.2 Å². The highest BCUT2D eigenvalue weighted by atomic mass is 16.5. The van der Waals surface area contributed by atoms with E-state index in [0.717, 1.165) is 21.5 Å². The summed E-state index contributed by atoms with van der Waals surface area (Å²) in [5.41, 5.74) is 0.516. The molecule has 0 radical (unpaired) electrons. The standard InChI is InChI=1S/C22H20N2O3/c1-14(11-12-23)20(22(26)27-2)24-21(25)19-17-9-5-3-7-15(17)13-16-8-4-6-10-18(16)19/h3-10,13-14,20H,11H2,1-2H3,(H,24,25)/t14-,20+/m1/s1. The first-order chi connectivity index (χ1) is 13.1. The SMILES string of the molecule is COC(=O)[C@@H](NC(=O)c1c2ccccc2cc2ccccc12)[C@H](C)CC#N. The highest BCUT2D eigenvalue weighted by molar-refractivity contribution is 6.18. The lowest BCUT2D eigenvalue weighted by Gasteiger charge is -2.22. The molecule has 0 aliphatic rings. The molecule has 27 heavy (non-hydrogen) atoms. The van der Waals surface area contributed by atoms with Crippen LogP contribution in [0.3, 0.4) is 0 Å². The summed E-state index contributed by atoms with van der Waals surface area (Å²) < 4.78 is 4.83. The van der Waals surface area contributed by atoms with Crippen molar-refractivity contribution in [3.8, 4) is 6.07 Å². The van der Waals surface area contributed by atoms with Crippen molar-refractivity contribution < 1.29 is 14.3 Å². The number of benzene rings is 3. The summed E-state index contributed by atoms with van der Waals surface area (Å²) in [6.45, 7) is 1.74. The van der Waals surface area contributed by atoms with E-state index in [2.05, 4.69) is 5.32 Å². The van der Waals surface area contributed by atoms with E-state index in [1.54, 1.807) is 6.92 Å². The predicted molar refractivity (Wildman–Crippen MR) is 104 cm³/mol. The molecule has 1 N–H and O–H groups in total. The summed E-state index contributed by atoms with van der Waals surface area (Å²) in [4.78, 5) is 25.4. The number of nitrogens with one attached hydrogen (secondary N) is 1. The van der Waals surface area contributed by atoms with Crippen LogP contribution < -0.4 is 5.32 Å². The summed E-state index contributed by atoms with van der Waals surface area (Å²) in [6.07, 6.45) is 0.135. The Morgan fingerprint density at radius 3 is 2.15 bits per heavy atom. The Bertz CT molecular complexity index is 998. The van der Waals surface area contributed by atoms with Gasteiger partial charge in [0.2, 0.25) is 0 Å². The van der Waals surface area contributed by atoms with Gasteiger partial charge in [0, 0.05) is 12.3 Å². The number of carbonyl (C=O) groups excluding carboxylic acids is 2. The number of nitrogens with zero attached hydrogens (tertiary/aromatic N) is 1. The second-order valence-corrected chi connectivity index (χ2v) is 6.51. The maximum absolute atomic E-state index is 13.2. The van der Waals surface area contributed by atoms with Crippen LogP contribution >= 0.6 is 0 Å². The number of nitriles is 1. The van der Waals surface area contributed by atoms with Crippen LogP contribution in [0.2, 0.25) is 0 Å². The largest absolute Gasteiger partial charge is 0.467 e. The number of hydrogen-bond acceptors (Lipinski definition) is 4. The Balaban J connectivity index is 2.10. The third kappa shape index (κ3) is 3.61. The molecule has 5 nitrogen and oxygen atoms in total. The van der Waals surface area contributed by atoms with Crippen molar-refractivity contribution in [2.45, 2.75) is 19.4 Å². The van der Waals surface area contributed by atoms with Crippen molar-refractivity contribution in [3.05, 3.63) is 60.2 Å². The van der Waals surface area contributed by atoms with Crippen molar-refractivity contribution >= 4 is 33.4 Å². The third-order valence-corrected chi connectivity index (χ3v) is 4.72. The second-order valence-electron chi connectivity index (χ2n) is 6.51. The molecule has 0 aromatic heterocycles. The molecule has 0 saturated heterocycles. The lowest BCUT2D eigenvalue weighted by molar-refractivity contribution is -0.144. The molecule has 0 bridgehead atoms. The summed E-state index contributed by atoms with van der Waals surface area (Å²) in [5.74, 6) is -1.29. The van der Waals surface area contributed by atoms with Gasteiger partial charge < -0.3 is 10.1 Å². The molecule has 3 aromatic carbocycles. The quantitative estimate of drug-likeness (QED) is 0.554. The Kier molecular flexibility index (Phi) is 5.37. The number of amides is 1. The monoisotopic (exact) mass is 360 g/mol. The maximum atomic E-state index is 13.2. The van der Waals surface area contributed by atoms with Crippen molar-refractivity contribution in [1.29, 1.82) is 5.26 Å². The number of ether oxygens (including phenoxy) is 1. The number of rotatable bonds is 5. The molecule has 3 aromatic rings. The van der Waals surface area contributed by atoms with Gasteiger partial charge in [0.05, 0.1) is 18.7 Å². The van der Waals surface area contributed by atoms with Gasteiger partial charge in [-0.3, -0.25) is 4.79 Å². The molecule has 0 heterocycles. The Hall–Kier alpha value is -3.39. The van der Waals surface area contributed by atoms with Gasteiger partial charge in [-0.1, -0.05) is 55.5 Å². The zero-order chi connectivity index (χ0) is 19.4. The zero-order valence-electron chi connectivity index (χ0n) is 15.2. The topological polar surface area (TPSA) is 79.2 Å². The van der Waals surface area contributed by atoms with E-state index in [9.17, 15) is 9.59 Å². The van der Waals surface area contributed by atoms with Gasteiger partial charge in [0.1, 0.15) is 6.04 Å². The number of methoxy groups -OCH3 is 1. The van der Waals surface area contributed by atoms with E-state index in [0.29, 0.717) is 5.56 Å². The second kappa shape index (κ2) is 7.88. The molecule has 0 aliphatic heterocycles. The summed E-state index contributed by atoms with van der Waals surface area (Å²) in [5, 5.41) is 15.3. The van der Waals surface area contributed by atoms with Crippen molar-refractivity contribution in [2.75, 3.05) is 7.11 Å². The number of carbonyl (C=O) groups is 2. The molecule has 5 heteroatoms. The van der Waals surface area contributed by atoms with Crippen molar-refractivity contribution in [2.24, 2.45) is 5.92 Å². The van der Waals surface area contributed by atoms with Gasteiger partial charge in [0.25, 0.3) is 5.91 Å². The van der Waals surface area contributed by atoms with Crippen LogP contribution in [0, 0.1) is 17.2 Å². The molecule has 3 rings (SSSR count). The molecule has 136 valence electrons. The lowest BCUT2D eigenvalue weighted by atomic mass is 9.94. The van der Waals surface area contributed by atoms with Crippen LogP contribution in [0.4, 0.5) is 0 Å². The Labute approximate surface area is 157 Å². The van der Waals surface area contributed by atoms with E-state index in [1.807, 2.05) is 60.7 Å². The zero-order valence-corrected chi connectivity index (χ0v) is 15.2. The highest BCUT2D eigenvalue weighted by Gasteiger charge is 2.29. The molecule has 0 saturated carbocycles. The predicted octanol–water partition coefficient (Wildman–Crippen LogP) is 3.81. The fourth-order valence-electron chi connectivity index (χ4n) is 3.29. The average Bonchev–Trinajstić information content (AvgIpc) is 2.69. The van der Waals surface area contributed by atoms with Gasteiger partial charge in [0.15, 0.2) is 0 Å². The fourth-order valence-corrected chi connectivity index (χ4v) is 3.29. The van der Waals surface area contributed by atoms with Crippen molar-refractivity contribution in [3.63, 3.8) is 0 Å². The number of fused-ring (bicyclic) bond motifs is 2. The minimum Gasteiger partial charge on any atom is -0.467 e. The van der Waals surface area contributed by atoms with Gasteiger partial charge in [-0.2, -0.15) is 5.26 Å². The fraction of sp³-hybridized carbons (Fsp3) is 0.227. The van der Waals surface area contributed by atoms with Gasteiger partial charge >= 0.3 is 5.97 Å². The first kappa shape index (κ1) is 18.4. The van der Waals surface area contributed by atoms with Crippen molar-refractivity contribution in [1.82, 2.24) is 5.32 Å². The first-order valence-electron chi connectivity index (χ1n) is 8.73. The molecular formula is C22H20N2O3. The Morgan fingerprint density at radius 2 is 1.63 bits per heavy atom. The summed E-state index contributed by atoms with van der Waals surface area (Å²) >= 11 is 0. The molecule has 0 fully saturated rings. The van der Waals surface area contributed by atoms with Gasteiger partial charge in [-0.05, 0) is 27.6 Å². The Morgan fingerprint density at radius 1 is 1.07 bits per heavy atom. The molecule has 1 amide bonds. The first-order valence-corrected chi connectivity index (χ1v) is 8.73. The van der Waals surface area contributed by atoms with Crippen LogP contribution in [0.25, 0.3) is 21.5 Å². The van der Waals surface area contributed by atoms with Gasteiger partial charge in [-0.25, -0.2) is 4.79 Å². The number of hydrogen-bond donors (Lipinski definition) is 1. The minimum atomic E-state index is -0.889. The third-order valence-electron chi connectivity index (χ3n) is 4.72. The van der Waals surface area contributed by atoms with E-state index in [1.165, 1.54) is 7.11 Å². The molecule has 0 spiro atoms.